The molecule has 0 aliphatic carbocycles. The molecule has 0 N–H and O–H groups in total. The van der Waals surface area contributed by atoms with Gasteiger partial charge in [-0.15, -0.1) is 0 Å². The molecule has 174 valence electrons. The fraction of sp³-hybridized carbons (Fsp3) is 0.0333. The second-order valence-electron chi connectivity index (χ2n) is 7.95. The Morgan fingerprint density at radius 3 is 2.08 bits per heavy atom. The predicted molar refractivity (Wildman–Crippen MR) is 140 cm³/mol. The van der Waals surface area contributed by atoms with E-state index in [4.69, 9.17) is 21.1 Å². The van der Waals surface area contributed by atoms with Crippen molar-refractivity contribution in [2.45, 2.75) is 6.61 Å². The molecule has 0 radical (unpaired) electrons. The molecule has 0 saturated carbocycles. The normalized spacial score (nSPS) is 10.4. The van der Waals surface area contributed by atoms with Crippen molar-refractivity contribution in [3.63, 3.8) is 0 Å². The Kier molecular flexibility index (Phi) is 6.88. The highest BCUT2D eigenvalue weighted by molar-refractivity contribution is 6.28. The van der Waals surface area contributed by atoms with Gasteiger partial charge in [0.05, 0.1) is 17.3 Å². The Hall–Kier alpha value is -4.66. The summed E-state index contributed by atoms with van der Waals surface area (Å²) in [7, 11) is 0. The van der Waals surface area contributed by atoms with Gasteiger partial charge in [0.2, 0.25) is 11.2 Å². The Morgan fingerprint density at radius 1 is 0.694 bits per heavy atom. The van der Waals surface area contributed by atoms with Crippen molar-refractivity contribution >= 4 is 11.6 Å². The number of hydrogen-bond acceptors (Lipinski definition) is 5. The first-order valence-corrected chi connectivity index (χ1v) is 11.6. The lowest BCUT2D eigenvalue weighted by molar-refractivity contribution is 0.290. The van der Waals surface area contributed by atoms with Crippen molar-refractivity contribution in [1.82, 2.24) is 9.97 Å². The topological polar surface area (TPSA) is 68.0 Å². The fourth-order valence-electron chi connectivity index (χ4n) is 3.69. The molecule has 0 atom stereocenters. The zero-order chi connectivity index (χ0) is 24.7. The molecule has 6 heteroatoms. The van der Waals surface area contributed by atoms with Crippen LogP contribution in [0.25, 0.3) is 22.4 Å². The Bertz CT molecular complexity index is 1520. The molecule has 1 aromatic heterocycles. The number of halogens is 1. The Morgan fingerprint density at radius 2 is 1.36 bits per heavy atom. The monoisotopic (exact) mass is 489 g/mol. The van der Waals surface area contributed by atoms with E-state index >= 15 is 0 Å². The van der Waals surface area contributed by atoms with Crippen LogP contribution in [0.3, 0.4) is 0 Å². The SMILES string of the molecule is N#Cc1ccc(OCc2ccccc2)c(Oc2cc(-c3ccc(-c4ccccc4)cc3)nc(Cl)n2)c1. The van der Waals surface area contributed by atoms with E-state index in [1.807, 2.05) is 72.8 Å². The van der Waals surface area contributed by atoms with Crippen molar-refractivity contribution in [2.24, 2.45) is 0 Å². The lowest BCUT2D eigenvalue weighted by Crippen LogP contribution is -1.99. The summed E-state index contributed by atoms with van der Waals surface area (Å²) in [6.45, 7) is 0.354. The van der Waals surface area contributed by atoms with Crippen LogP contribution in [0.4, 0.5) is 0 Å². The predicted octanol–water partition coefficient (Wildman–Crippen LogP) is 7.71. The molecule has 5 aromatic rings. The van der Waals surface area contributed by atoms with Gasteiger partial charge in [-0.3, -0.25) is 0 Å². The van der Waals surface area contributed by atoms with Crippen LogP contribution >= 0.6 is 11.6 Å². The van der Waals surface area contributed by atoms with Crippen molar-refractivity contribution in [2.75, 3.05) is 0 Å². The van der Waals surface area contributed by atoms with Crippen LogP contribution < -0.4 is 9.47 Å². The molecule has 0 aliphatic heterocycles. The molecular formula is C30H20ClN3O2. The summed E-state index contributed by atoms with van der Waals surface area (Å²) < 4.78 is 12.0. The van der Waals surface area contributed by atoms with Gasteiger partial charge in [0.15, 0.2) is 11.5 Å². The number of aromatic nitrogens is 2. The maximum absolute atomic E-state index is 9.38. The Balaban J connectivity index is 1.41. The smallest absolute Gasteiger partial charge is 0.226 e. The van der Waals surface area contributed by atoms with Crippen LogP contribution in [0.5, 0.6) is 17.4 Å². The summed E-state index contributed by atoms with van der Waals surface area (Å²) in [5, 5.41) is 9.43. The van der Waals surface area contributed by atoms with Gasteiger partial charge in [-0.2, -0.15) is 10.2 Å². The van der Waals surface area contributed by atoms with Crippen molar-refractivity contribution in [1.29, 1.82) is 5.26 Å². The fourth-order valence-corrected chi connectivity index (χ4v) is 3.86. The summed E-state index contributed by atoms with van der Waals surface area (Å²) >= 11 is 6.25. The average Bonchev–Trinajstić information content (AvgIpc) is 2.93. The van der Waals surface area contributed by atoms with Crippen molar-refractivity contribution in [3.05, 3.63) is 126 Å². The van der Waals surface area contributed by atoms with Gasteiger partial charge in [-0.1, -0.05) is 84.9 Å². The first kappa shape index (κ1) is 23.1. The quantitative estimate of drug-likeness (QED) is 0.219. The summed E-state index contributed by atoms with van der Waals surface area (Å²) in [4.78, 5) is 8.60. The minimum Gasteiger partial charge on any atom is -0.485 e. The third kappa shape index (κ3) is 5.52. The van der Waals surface area contributed by atoms with Crippen LogP contribution in [-0.4, -0.2) is 9.97 Å². The molecule has 4 aromatic carbocycles. The second kappa shape index (κ2) is 10.7. The number of nitrogens with zero attached hydrogens (tertiary/aromatic N) is 3. The molecule has 0 fully saturated rings. The van der Waals surface area contributed by atoms with Crippen molar-refractivity contribution in [3.8, 4) is 45.8 Å². The van der Waals surface area contributed by atoms with E-state index in [-0.39, 0.29) is 11.2 Å². The maximum Gasteiger partial charge on any atom is 0.226 e. The number of hydrogen-bond donors (Lipinski definition) is 0. The van der Waals surface area contributed by atoms with Crippen LogP contribution in [0.1, 0.15) is 11.1 Å². The van der Waals surface area contributed by atoms with Gasteiger partial charge in [0, 0.05) is 17.7 Å². The van der Waals surface area contributed by atoms with E-state index in [1.54, 1.807) is 24.3 Å². The largest absolute Gasteiger partial charge is 0.485 e. The molecule has 36 heavy (non-hydrogen) atoms. The lowest BCUT2D eigenvalue weighted by Gasteiger charge is -2.13. The minimum atomic E-state index is 0.0535. The molecular weight excluding hydrogens is 470 g/mol. The highest BCUT2D eigenvalue weighted by Gasteiger charge is 2.13. The molecule has 5 nitrogen and oxygen atoms in total. The van der Waals surface area contributed by atoms with E-state index in [9.17, 15) is 5.26 Å². The number of rotatable bonds is 7. The average molecular weight is 490 g/mol. The van der Waals surface area contributed by atoms with Crippen molar-refractivity contribution < 1.29 is 9.47 Å². The van der Waals surface area contributed by atoms with Crippen LogP contribution in [0.15, 0.2) is 109 Å². The van der Waals surface area contributed by atoms with Crippen LogP contribution in [-0.2, 0) is 6.61 Å². The molecule has 0 saturated heterocycles. The van der Waals surface area contributed by atoms with Gasteiger partial charge in [-0.25, -0.2) is 4.98 Å². The van der Waals surface area contributed by atoms with E-state index in [0.717, 1.165) is 22.3 Å². The molecule has 1 heterocycles. The first-order valence-electron chi connectivity index (χ1n) is 11.3. The number of nitriles is 1. The van der Waals surface area contributed by atoms with Crippen LogP contribution in [0, 0.1) is 11.3 Å². The van der Waals surface area contributed by atoms with E-state index in [2.05, 4.69) is 28.2 Å². The second-order valence-corrected chi connectivity index (χ2v) is 8.29. The van der Waals surface area contributed by atoms with Gasteiger partial charge in [-0.05, 0) is 40.4 Å². The lowest BCUT2D eigenvalue weighted by atomic mass is 10.0. The molecule has 5 rings (SSSR count). The minimum absolute atomic E-state index is 0.0535. The standard InChI is InChI=1S/C30H20ClN3O2/c31-30-33-26(25-14-12-24(13-15-25)23-9-5-2-6-10-23)18-29(34-30)36-28-17-22(19-32)11-16-27(28)35-20-21-7-3-1-4-8-21/h1-18H,20H2. The molecule has 0 spiro atoms. The molecule has 0 unspecified atom stereocenters. The molecule has 0 amide bonds. The summed E-state index contributed by atoms with van der Waals surface area (Å²) in [5.74, 6) is 1.10. The number of ether oxygens (including phenoxy) is 2. The first-order chi connectivity index (χ1) is 17.7. The Labute approximate surface area is 214 Å². The van der Waals surface area contributed by atoms with Gasteiger partial charge < -0.3 is 9.47 Å². The van der Waals surface area contributed by atoms with E-state index in [1.165, 1.54) is 0 Å². The third-order valence-corrected chi connectivity index (χ3v) is 5.66. The highest BCUT2D eigenvalue weighted by Crippen LogP contribution is 2.34. The zero-order valence-corrected chi connectivity index (χ0v) is 19.9. The summed E-state index contributed by atoms with van der Waals surface area (Å²) in [5.41, 5.74) is 5.18. The zero-order valence-electron chi connectivity index (χ0n) is 19.1. The van der Waals surface area contributed by atoms with Gasteiger partial charge >= 0.3 is 0 Å². The van der Waals surface area contributed by atoms with Gasteiger partial charge in [0.25, 0.3) is 0 Å². The van der Waals surface area contributed by atoms with Crippen LogP contribution in [0.2, 0.25) is 5.28 Å². The maximum atomic E-state index is 9.38. The van der Waals surface area contributed by atoms with Gasteiger partial charge in [0.1, 0.15) is 6.61 Å². The third-order valence-electron chi connectivity index (χ3n) is 5.49. The number of benzene rings is 4. The summed E-state index contributed by atoms with van der Waals surface area (Å²) in [6, 6.07) is 36.8. The highest BCUT2D eigenvalue weighted by atomic mass is 35.5. The molecule has 0 bridgehead atoms. The van der Waals surface area contributed by atoms with E-state index < -0.39 is 0 Å². The summed E-state index contributed by atoms with van der Waals surface area (Å²) in [6.07, 6.45) is 0. The van der Waals surface area contributed by atoms with E-state index in [0.29, 0.717) is 29.4 Å². The molecule has 0 aliphatic rings.